The summed E-state index contributed by atoms with van der Waals surface area (Å²) in [5.41, 5.74) is 10.1. The first kappa shape index (κ1) is 70.8. The fraction of sp³-hybridized carbons (Fsp3) is 0.652. The molecule has 2 N–H and O–H groups in total. The average Bonchev–Trinajstić information content (AvgIpc) is 3.40. The summed E-state index contributed by atoms with van der Waals surface area (Å²) in [7, 11) is 0. The van der Waals surface area contributed by atoms with Gasteiger partial charge in [-0.2, -0.15) is 0 Å². The summed E-state index contributed by atoms with van der Waals surface area (Å²) in [4.78, 5) is 39.7. The van der Waals surface area contributed by atoms with Gasteiger partial charge in [-0.1, -0.05) is 124 Å². The number of amides is 2. The van der Waals surface area contributed by atoms with Crippen LogP contribution in [-0.2, 0) is 52.3 Å². The van der Waals surface area contributed by atoms with Crippen LogP contribution in [0, 0.1) is 16.7 Å². The third-order valence-electron chi connectivity index (χ3n) is 13.9. The van der Waals surface area contributed by atoms with Crippen LogP contribution in [0.5, 0.6) is 0 Å². The van der Waals surface area contributed by atoms with Crippen LogP contribution in [0.3, 0.4) is 0 Å². The van der Waals surface area contributed by atoms with Gasteiger partial charge in [0.05, 0.1) is 99.1 Å². The largest absolute Gasteiger partial charge is 0.379 e. The van der Waals surface area contributed by atoms with Crippen LogP contribution < -0.4 is 10.6 Å². The minimum Gasteiger partial charge on any atom is -0.379 e. The monoisotopic (exact) mass is 1100 g/mol. The maximum atomic E-state index is 13.5. The molecule has 0 unspecified atom stereocenters. The van der Waals surface area contributed by atoms with Gasteiger partial charge in [0, 0.05) is 38.1 Å². The highest BCUT2D eigenvalue weighted by atomic mass is 16.6. The van der Waals surface area contributed by atoms with E-state index in [-0.39, 0.29) is 34.8 Å². The lowest BCUT2D eigenvalue weighted by molar-refractivity contribution is -0.128. The van der Waals surface area contributed by atoms with Gasteiger partial charge in [-0.25, -0.2) is 0 Å². The van der Waals surface area contributed by atoms with E-state index in [0.717, 1.165) is 41.7 Å². The van der Waals surface area contributed by atoms with E-state index < -0.39 is 5.92 Å². The van der Waals surface area contributed by atoms with Crippen molar-refractivity contribution in [3.05, 3.63) is 117 Å². The Hall–Kier alpha value is -4.31. The lowest BCUT2D eigenvalue weighted by Gasteiger charge is -2.33. The zero-order valence-electron chi connectivity index (χ0n) is 51.0. The average molecular weight is 1100 g/mol. The Morgan fingerprint density at radius 3 is 1.33 bits per heavy atom. The SMILES string of the molecule is CCCOCCOCCOCCOCCOCCOCCOCCOCCNC(=O)[C@@H](CCCCNC(=O)/C=C(C)/C=C/C=C(C)/C=C/C1=C(C)CCCC1(C)C)CC(=O)/C=C(C)/C=C/C=C(C)/C=C/C1=C(C)CCCC1(C)C. The normalized spacial score (nSPS) is 17.1. The minimum absolute atomic E-state index is 0.0829. The number of carbonyl (C=O) groups is 3. The predicted molar refractivity (Wildman–Crippen MR) is 322 cm³/mol. The van der Waals surface area contributed by atoms with Crippen molar-refractivity contribution in [3.8, 4) is 0 Å². The highest BCUT2D eigenvalue weighted by Crippen LogP contribution is 2.42. The maximum Gasteiger partial charge on any atom is 0.244 e. The van der Waals surface area contributed by atoms with Gasteiger partial charge in [0.15, 0.2) is 5.78 Å². The summed E-state index contributed by atoms with van der Waals surface area (Å²) in [6.45, 7) is 32.5. The van der Waals surface area contributed by atoms with Gasteiger partial charge in [0.25, 0.3) is 0 Å². The summed E-state index contributed by atoms with van der Waals surface area (Å²) >= 11 is 0. The van der Waals surface area contributed by atoms with Gasteiger partial charge >= 0.3 is 0 Å². The molecule has 0 aromatic rings. The Morgan fingerprint density at radius 1 is 0.506 bits per heavy atom. The third-order valence-corrected chi connectivity index (χ3v) is 13.9. The lowest BCUT2D eigenvalue weighted by atomic mass is 9.72. The Morgan fingerprint density at radius 2 is 0.911 bits per heavy atom. The second-order valence-electron chi connectivity index (χ2n) is 22.2. The molecule has 2 aliphatic rings. The lowest BCUT2D eigenvalue weighted by Crippen LogP contribution is -2.34. The minimum atomic E-state index is -0.525. The van der Waals surface area contributed by atoms with Gasteiger partial charge in [0.2, 0.25) is 11.8 Å². The molecule has 0 saturated heterocycles. The first-order valence-corrected chi connectivity index (χ1v) is 29.5. The van der Waals surface area contributed by atoms with Crippen LogP contribution in [0.1, 0.15) is 147 Å². The molecule has 1 atom stereocenters. The topological polar surface area (TPSA) is 149 Å². The van der Waals surface area contributed by atoms with E-state index in [1.54, 1.807) is 12.2 Å². The number of nitrogens with one attached hydrogen (secondary N) is 2. The van der Waals surface area contributed by atoms with Crippen molar-refractivity contribution in [2.24, 2.45) is 16.7 Å². The van der Waals surface area contributed by atoms with Crippen LogP contribution in [0.4, 0.5) is 0 Å². The fourth-order valence-corrected chi connectivity index (χ4v) is 9.40. The molecule has 0 aliphatic heterocycles. The quantitative estimate of drug-likeness (QED) is 0.0341. The number of allylic oxidation sites excluding steroid dienone is 19. The van der Waals surface area contributed by atoms with E-state index in [9.17, 15) is 14.4 Å². The number of unbranched alkanes of at least 4 members (excludes halogenated alkanes) is 1. The molecule has 0 aromatic heterocycles. The first-order valence-electron chi connectivity index (χ1n) is 29.5. The summed E-state index contributed by atoms with van der Waals surface area (Å²) in [6.07, 6.45) is 34.1. The smallest absolute Gasteiger partial charge is 0.244 e. The molecule has 0 fully saturated rings. The van der Waals surface area contributed by atoms with Crippen LogP contribution in [0.15, 0.2) is 117 Å². The van der Waals surface area contributed by atoms with Crippen molar-refractivity contribution in [3.63, 3.8) is 0 Å². The van der Waals surface area contributed by atoms with E-state index >= 15 is 0 Å². The number of hydrogen-bond acceptors (Lipinski definition) is 11. The standard InChI is InChI=1S/C66H106N2O11/c1-12-34-72-36-38-74-40-42-76-44-46-78-48-49-79-47-45-77-43-41-75-39-37-73-35-33-68-64(71)59(52-60(69)50-55(4)21-15-19-53(2)26-28-61-57(6)23-17-30-65(61,8)9)25-13-14-32-67-63(70)51-56(5)22-16-20-54(3)27-29-62-58(7)24-18-31-66(62,10)11/h15-16,19-22,26-29,50-51,59H,12-14,17-18,23-25,30-49,52H2,1-11H3,(H,67,70)(H,68,71)/b21-15+,22-16+,28-26+,29-27+,53-19+,54-20+,55-50+,56-51+/t59-/m0/s1. The van der Waals surface area contributed by atoms with Crippen LogP contribution in [0.2, 0.25) is 0 Å². The molecule has 0 radical (unpaired) electrons. The Labute approximate surface area is 478 Å². The highest BCUT2D eigenvalue weighted by Gasteiger charge is 2.27. The van der Waals surface area contributed by atoms with E-state index in [0.29, 0.717) is 131 Å². The molecule has 13 heteroatoms. The molecule has 446 valence electrons. The number of ether oxygens (including phenoxy) is 8. The summed E-state index contributed by atoms with van der Waals surface area (Å²) in [5.74, 6) is -0.985. The molecule has 0 heterocycles. The van der Waals surface area contributed by atoms with Crippen LogP contribution >= 0.6 is 0 Å². The Bertz CT molecular complexity index is 2080. The van der Waals surface area contributed by atoms with Crippen molar-refractivity contribution in [2.45, 2.75) is 147 Å². The molecular formula is C66H106N2O11. The molecule has 0 spiro atoms. The van der Waals surface area contributed by atoms with Gasteiger partial charge in [-0.15, -0.1) is 0 Å². The van der Waals surface area contributed by atoms with E-state index in [2.05, 4.69) is 109 Å². The maximum absolute atomic E-state index is 13.5. The van der Waals surface area contributed by atoms with E-state index in [1.807, 2.05) is 38.2 Å². The predicted octanol–water partition coefficient (Wildman–Crippen LogP) is 12.6. The van der Waals surface area contributed by atoms with Crippen molar-refractivity contribution in [1.29, 1.82) is 0 Å². The van der Waals surface area contributed by atoms with E-state index in [1.165, 1.54) is 54.4 Å². The molecule has 2 amide bonds. The molecular weight excluding hydrogens is 997 g/mol. The van der Waals surface area contributed by atoms with Gasteiger partial charge < -0.3 is 48.5 Å². The van der Waals surface area contributed by atoms with E-state index in [4.69, 9.17) is 37.9 Å². The van der Waals surface area contributed by atoms with Crippen molar-refractivity contribution in [1.82, 2.24) is 10.6 Å². The first-order chi connectivity index (χ1) is 37.9. The summed E-state index contributed by atoms with van der Waals surface area (Å²) in [5, 5.41) is 5.95. The molecule has 0 saturated carbocycles. The highest BCUT2D eigenvalue weighted by molar-refractivity contribution is 5.94. The third kappa shape index (κ3) is 35.2. The molecule has 0 bridgehead atoms. The summed E-state index contributed by atoms with van der Waals surface area (Å²) in [6, 6.07) is 0. The Balaban J connectivity index is 1.77. The van der Waals surface area contributed by atoms with Crippen LogP contribution in [-0.4, -0.2) is 136 Å². The van der Waals surface area contributed by atoms with Gasteiger partial charge in [-0.3, -0.25) is 14.4 Å². The molecule has 13 nitrogen and oxygen atoms in total. The zero-order valence-corrected chi connectivity index (χ0v) is 51.0. The fourth-order valence-electron chi connectivity index (χ4n) is 9.40. The number of rotatable bonds is 44. The van der Waals surface area contributed by atoms with Crippen LogP contribution in [0.25, 0.3) is 0 Å². The van der Waals surface area contributed by atoms with Crippen molar-refractivity contribution < 1.29 is 52.3 Å². The van der Waals surface area contributed by atoms with Crippen molar-refractivity contribution >= 4 is 17.6 Å². The van der Waals surface area contributed by atoms with Gasteiger partial charge in [0.1, 0.15) is 0 Å². The molecule has 2 aliphatic carbocycles. The summed E-state index contributed by atoms with van der Waals surface area (Å²) < 4.78 is 44.3. The molecule has 2 rings (SSSR count). The Kier molecular flexibility index (Phi) is 38.9. The van der Waals surface area contributed by atoms with Crippen molar-refractivity contribution in [2.75, 3.05) is 119 Å². The molecule has 0 aromatic carbocycles. The second-order valence-corrected chi connectivity index (χ2v) is 22.2. The number of ketones is 1. The van der Waals surface area contributed by atoms with Gasteiger partial charge in [-0.05, 0) is 139 Å². The molecule has 79 heavy (non-hydrogen) atoms. The zero-order chi connectivity index (χ0) is 58.0. The number of carbonyl (C=O) groups excluding carboxylic acids is 3. The second kappa shape index (κ2) is 43.4. The number of hydrogen-bond donors (Lipinski definition) is 2.